The zero-order valence-electron chi connectivity index (χ0n) is 13.5. The molecule has 118 valence electrons. The van der Waals surface area contributed by atoms with Gasteiger partial charge >= 0.3 is 0 Å². The Kier molecular flexibility index (Phi) is 4.83. The smallest absolute Gasteiger partial charge is 0.122 e. The molecule has 1 aliphatic carbocycles. The quantitative estimate of drug-likeness (QED) is 0.810. The molecular weight excluding hydrogens is 260 g/mol. The molecule has 2 atom stereocenters. The van der Waals surface area contributed by atoms with Crippen LogP contribution in [-0.2, 0) is 0 Å². The van der Waals surface area contributed by atoms with Crippen molar-refractivity contribution in [3.63, 3.8) is 0 Å². The normalized spacial score (nSPS) is 31.0. The van der Waals surface area contributed by atoms with E-state index in [1.54, 1.807) is 0 Å². The molecule has 0 radical (unpaired) electrons. The Morgan fingerprint density at radius 1 is 1.14 bits per heavy atom. The molecule has 2 heterocycles. The molecule has 0 spiro atoms. The first-order chi connectivity index (χ1) is 10.3. The van der Waals surface area contributed by atoms with Gasteiger partial charge in [0.1, 0.15) is 5.54 Å². The lowest BCUT2D eigenvalue weighted by Gasteiger charge is -2.34. The molecule has 0 amide bonds. The van der Waals surface area contributed by atoms with Gasteiger partial charge in [0, 0.05) is 19.1 Å². The van der Waals surface area contributed by atoms with Gasteiger partial charge in [0.25, 0.3) is 0 Å². The summed E-state index contributed by atoms with van der Waals surface area (Å²) in [7, 11) is 0. The second-order valence-corrected chi connectivity index (χ2v) is 7.16. The number of likely N-dealkylation sites (tertiary alicyclic amines) is 2. The maximum Gasteiger partial charge on any atom is 0.122 e. The summed E-state index contributed by atoms with van der Waals surface area (Å²) in [5.41, 5.74) is -0.286. The van der Waals surface area contributed by atoms with Gasteiger partial charge in [-0.3, -0.25) is 15.1 Å². The van der Waals surface area contributed by atoms with Gasteiger partial charge in [-0.25, -0.2) is 0 Å². The van der Waals surface area contributed by atoms with Gasteiger partial charge in [0.2, 0.25) is 0 Å². The van der Waals surface area contributed by atoms with E-state index in [9.17, 15) is 5.26 Å². The highest BCUT2D eigenvalue weighted by atomic mass is 15.3. The fraction of sp³-hybridized carbons (Fsp3) is 0.941. The van der Waals surface area contributed by atoms with Crippen molar-refractivity contribution in [2.24, 2.45) is 5.92 Å². The minimum atomic E-state index is -0.286. The Morgan fingerprint density at radius 3 is 2.52 bits per heavy atom. The third-order valence-electron chi connectivity index (χ3n) is 5.59. The Morgan fingerprint density at radius 2 is 1.90 bits per heavy atom. The van der Waals surface area contributed by atoms with E-state index in [2.05, 4.69) is 28.1 Å². The molecule has 3 fully saturated rings. The summed E-state index contributed by atoms with van der Waals surface area (Å²) >= 11 is 0. The summed E-state index contributed by atoms with van der Waals surface area (Å²) in [5, 5.41) is 13.3. The van der Waals surface area contributed by atoms with E-state index in [0.717, 1.165) is 19.1 Å². The highest BCUT2D eigenvalue weighted by Crippen LogP contribution is 2.40. The maximum absolute atomic E-state index is 9.74. The molecule has 4 heteroatoms. The minimum Gasteiger partial charge on any atom is -0.299 e. The largest absolute Gasteiger partial charge is 0.299 e. The molecule has 0 aromatic rings. The van der Waals surface area contributed by atoms with E-state index in [1.165, 1.54) is 64.7 Å². The summed E-state index contributed by atoms with van der Waals surface area (Å²) in [6, 6.07) is 3.37. The molecule has 2 saturated heterocycles. The molecule has 0 aromatic carbocycles. The number of nitrogens with zero attached hydrogens (tertiary/aromatic N) is 3. The Bertz CT molecular complexity index is 381. The van der Waals surface area contributed by atoms with Crippen molar-refractivity contribution in [1.29, 1.82) is 5.26 Å². The van der Waals surface area contributed by atoms with Crippen molar-refractivity contribution < 1.29 is 0 Å². The second kappa shape index (κ2) is 6.64. The first-order valence-corrected chi connectivity index (χ1v) is 8.90. The highest BCUT2D eigenvalue weighted by molar-refractivity contribution is 5.17. The Balaban J connectivity index is 1.56. The van der Waals surface area contributed by atoms with Crippen molar-refractivity contribution in [2.75, 3.05) is 39.3 Å². The molecule has 0 bridgehead atoms. The van der Waals surface area contributed by atoms with Crippen LogP contribution in [0.3, 0.4) is 0 Å². The van der Waals surface area contributed by atoms with Crippen LogP contribution in [0.15, 0.2) is 0 Å². The molecule has 21 heavy (non-hydrogen) atoms. The van der Waals surface area contributed by atoms with Crippen LogP contribution in [0.5, 0.6) is 0 Å². The van der Waals surface area contributed by atoms with Gasteiger partial charge in [0.05, 0.1) is 6.07 Å². The fourth-order valence-corrected chi connectivity index (χ4v) is 4.28. The van der Waals surface area contributed by atoms with Gasteiger partial charge < -0.3 is 0 Å². The van der Waals surface area contributed by atoms with Crippen molar-refractivity contribution in [2.45, 2.75) is 57.0 Å². The van der Waals surface area contributed by atoms with Crippen molar-refractivity contribution in [3.05, 3.63) is 0 Å². The standard InChI is InChI=1S/C17H30N4/c1-2-19-17(13-18,15-6-7-15)14-20-11-8-16(12-20)21-9-4-3-5-10-21/h15-16,19H,2-12,14H2,1H3. The number of nitriles is 1. The summed E-state index contributed by atoms with van der Waals surface area (Å²) < 4.78 is 0. The van der Waals surface area contributed by atoms with Crippen molar-refractivity contribution >= 4 is 0 Å². The summed E-state index contributed by atoms with van der Waals surface area (Å²) in [4.78, 5) is 5.24. The second-order valence-electron chi connectivity index (χ2n) is 7.16. The van der Waals surface area contributed by atoms with Crippen molar-refractivity contribution in [1.82, 2.24) is 15.1 Å². The predicted molar refractivity (Wildman–Crippen MR) is 85.0 cm³/mol. The average Bonchev–Trinajstić information content (AvgIpc) is 3.28. The van der Waals surface area contributed by atoms with Crippen LogP contribution in [-0.4, -0.2) is 60.6 Å². The van der Waals surface area contributed by atoms with E-state index in [1.807, 2.05) is 0 Å². The lowest BCUT2D eigenvalue weighted by molar-refractivity contribution is 0.154. The first kappa shape index (κ1) is 15.3. The SMILES string of the molecule is CCNC(C#N)(CN1CCC(N2CCCCC2)C1)C1CC1. The molecule has 3 rings (SSSR count). The third kappa shape index (κ3) is 3.41. The number of piperidine rings is 1. The van der Waals surface area contributed by atoms with Crippen LogP contribution in [0.1, 0.15) is 45.4 Å². The number of rotatable bonds is 6. The number of hydrogen-bond acceptors (Lipinski definition) is 4. The molecule has 4 nitrogen and oxygen atoms in total. The van der Waals surface area contributed by atoms with Gasteiger partial charge in [-0.15, -0.1) is 0 Å². The molecule has 0 aromatic heterocycles. The molecule has 2 aliphatic heterocycles. The number of hydrogen-bond donors (Lipinski definition) is 1. The summed E-state index contributed by atoms with van der Waals surface area (Å²) in [6.07, 6.45) is 7.90. The number of likely N-dealkylation sites (N-methyl/N-ethyl adjacent to an activating group) is 1. The average molecular weight is 290 g/mol. The third-order valence-corrected chi connectivity index (χ3v) is 5.59. The lowest BCUT2D eigenvalue weighted by atomic mass is 9.94. The van der Waals surface area contributed by atoms with Gasteiger partial charge in [-0.1, -0.05) is 13.3 Å². The topological polar surface area (TPSA) is 42.3 Å². The lowest BCUT2D eigenvalue weighted by Crippen LogP contribution is -2.54. The summed E-state index contributed by atoms with van der Waals surface area (Å²) in [5.74, 6) is 0.580. The molecule has 1 N–H and O–H groups in total. The number of nitrogens with one attached hydrogen (secondary N) is 1. The predicted octanol–water partition coefficient (Wildman–Crippen LogP) is 1.83. The van der Waals surface area contributed by atoms with Crippen LogP contribution in [0.4, 0.5) is 0 Å². The van der Waals surface area contributed by atoms with E-state index < -0.39 is 0 Å². The summed E-state index contributed by atoms with van der Waals surface area (Å²) in [6.45, 7) is 8.86. The van der Waals surface area contributed by atoms with Gasteiger partial charge in [-0.05, 0) is 64.2 Å². The fourth-order valence-electron chi connectivity index (χ4n) is 4.28. The van der Waals surface area contributed by atoms with Crippen LogP contribution >= 0.6 is 0 Å². The van der Waals surface area contributed by atoms with Crippen LogP contribution in [0.2, 0.25) is 0 Å². The van der Waals surface area contributed by atoms with E-state index >= 15 is 0 Å². The van der Waals surface area contributed by atoms with Crippen molar-refractivity contribution in [3.8, 4) is 6.07 Å². The van der Waals surface area contributed by atoms with Gasteiger partial charge in [-0.2, -0.15) is 5.26 Å². The molecular formula is C17H30N4. The van der Waals surface area contributed by atoms with E-state index in [-0.39, 0.29) is 5.54 Å². The van der Waals surface area contributed by atoms with Crippen LogP contribution in [0, 0.1) is 17.2 Å². The molecule has 3 aliphatic rings. The minimum absolute atomic E-state index is 0.286. The van der Waals surface area contributed by atoms with Crippen LogP contribution in [0.25, 0.3) is 0 Å². The highest BCUT2D eigenvalue weighted by Gasteiger charge is 2.47. The Hall–Kier alpha value is -0.630. The molecule has 1 saturated carbocycles. The van der Waals surface area contributed by atoms with E-state index in [4.69, 9.17) is 0 Å². The van der Waals surface area contributed by atoms with E-state index in [0.29, 0.717) is 5.92 Å². The zero-order valence-corrected chi connectivity index (χ0v) is 13.5. The first-order valence-electron chi connectivity index (χ1n) is 8.90. The monoisotopic (exact) mass is 290 g/mol. The maximum atomic E-state index is 9.74. The zero-order chi connectivity index (χ0) is 14.7. The van der Waals surface area contributed by atoms with Crippen LogP contribution < -0.4 is 5.32 Å². The Labute approximate surface area is 129 Å². The molecule has 2 unspecified atom stereocenters. The van der Waals surface area contributed by atoms with Gasteiger partial charge in [0.15, 0.2) is 0 Å².